The lowest BCUT2D eigenvalue weighted by Gasteiger charge is -2.32. The molecule has 0 saturated carbocycles. The SMILES string of the molecule is C[S+]([O-])C(C)(CCN1CC=C(c2ccc(C#CCCO)cc2)CC1)C(=O)NO. The van der Waals surface area contributed by atoms with Gasteiger partial charge in [-0.05, 0) is 47.8 Å². The first-order chi connectivity index (χ1) is 13.4. The number of carbonyl (C=O) groups excluding carboxylic acids is 1. The third kappa shape index (κ3) is 5.84. The summed E-state index contributed by atoms with van der Waals surface area (Å²) in [5.74, 6) is 5.33. The maximum absolute atomic E-state index is 12.0. The molecule has 3 N–H and O–H groups in total. The van der Waals surface area contributed by atoms with E-state index in [2.05, 4.69) is 34.9 Å². The predicted molar refractivity (Wildman–Crippen MR) is 111 cm³/mol. The summed E-state index contributed by atoms with van der Waals surface area (Å²) in [6, 6.07) is 8.10. The molecule has 1 heterocycles. The van der Waals surface area contributed by atoms with Gasteiger partial charge >= 0.3 is 0 Å². The highest BCUT2D eigenvalue weighted by Crippen LogP contribution is 2.25. The van der Waals surface area contributed by atoms with Crippen LogP contribution in [0.25, 0.3) is 5.57 Å². The Hall–Kier alpha value is -1.82. The van der Waals surface area contributed by atoms with E-state index in [1.807, 2.05) is 12.1 Å². The molecular weight excluding hydrogens is 376 g/mol. The van der Waals surface area contributed by atoms with E-state index in [-0.39, 0.29) is 6.61 Å². The standard InChI is InChI=1S/C21H28N2O4S/c1-21(28(2)27,20(25)22-26)12-15-23-13-10-19(11-14-23)18-8-6-17(7-9-18)5-3-4-16-24/h6-10,24,26H,4,11-16H2,1-2H3,(H,22,25). The molecule has 28 heavy (non-hydrogen) atoms. The number of amides is 1. The van der Waals surface area contributed by atoms with E-state index in [0.29, 0.717) is 19.4 Å². The van der Waals surface area contributed by atoms with Gasteiger partial charge in [-0.15, -0.1) is 0 Å². The number of benzene rings is 1. The summed E-state index contributed by atoms with van der Waals surface area (Å²) in [4.78, 5) is 14.1. The van der Waals surface area contributed by atoms with Crippen molar-refractivity contribution in [3.8, 4) is 11.8 Å². The van der Waals surface area contributed by atoms with Crippen molar-refractivity contribution in [1.29, 1.82) is 0 Å². The second-order valence-corrected chi connectivity index (χ2v) is 8.82. The van der Waals surface area contributed by atoms with Crippen molar-refractivity contribution in [1.82, 2.24) is 10.4 Å². The van der Waals surface area contributed by atoms with Gasteiger partial charge in [-0.3, -0.25) is 14.9 Å². The van der Waals surface area contributed by atoms with Gasteiger partial charge in [-0.2, -0.15) is 0 Å². The summed E-state index contributed by atoms with van der Waals surface area (Å²) in [5.41, 5.74) is 5.03. The highest BCUT2D eigenvalue weighted by atomic mass is 32.2. The topological polar surface area (TPSA) is 95.9 Å². The number of hydrogen-bond acceptors (Lipinski definition) is 5. The molecule has 0 radical (unpaired) electrons. The van der Waals surface area contributed by atoms with Crippen molar-refractivity contribution < 1.29 is 19.7 Å². The second kappa shape index (κ2) is 10.6. The molecule has 2 rings (SSSR count). The van der Waals surface area contributed by atoms with E-state index in [1.54, 1.807) is 12.4 Å². The minimum absolute atomic E-state index is 0.0759. The van der Waals surface area contributed by atoms with E-state index in [4.69, 9.17) is 10.3 Å². The Labute approximate surface area is 169 Å². The van der Waals surface area contributed by atoms with Crippen molar-refractivity contribution in [2.75, 3.05) is 32.5 Å². The zero-order valence-electron chi connectivity index (χ0n) is 16.4. The molecule has 0 spiro atoms. The van der Waals surface area contributed by atoms with E-state index >= 15 is 0 Å². The van der Waals surface area contributed by atoms with Crippen molar-refractivity contribution in [2.24, 2.45) is 0 Å². The molecule has 2 unspecified atom stereocenters. The number of rotatable bonds is 7. The first kappa shape index (κ1) is 22.5. The van der Waals surface area contributed by atoms with Crippen LogP contribution in [0.4, 0.5) is 0 Å². The van der Waals surface area contributed by atoms with Gasteiger partial charge in [0, 0.05) is 38.0 Å². The molecule has 1 aliphatic heterocycles. The zero-order chi connectivity index (χ0) is 20.6. The van der Waals surface area contributed by atoms with Gasteiger partial charge in [-0.25, -0.2) is 5.48 Å². The summed E-state index contributed by atoms with van der Waals surface area (Å²) in [6.07, 6.45) is 5.46. The van der Waals surface area contributed by atoms with Crippen LogP contribution in [-0.2, 0) is 16.0 Å². The van der Waals surface area contributed by atoms with Gasteiger partial charge in [0.2, 0.25) is 4.75 Å². The van der Waals surface area contributed by atoms with Crippen LogP contribution in [0.5, 0.6) is 0 Å². The molecule has 7 heteroatoms. The highest BCUT2D eigenvalue weighted by molar-refractivity contribution is 7.92. The normalized spacial score (nSPS) is 17.7. The first-order valence-corrected chi connectivity index (χ1v) is 10.9. The number of carbonyl (C=O) groups is 1. The van der Waals surface area contributed by atoms with Crippen LogP contribution in [-0.4, -0.2) is 62.9 Å². The molecule has 0 aliphatic carbocycles. The average Bonchev–Trinajstić information content (AvgIpc) is 2.72. The quantitative estimate of drug-likeness (QED) is 0.277. The monoisotopic (exact) mass is 404 g/mol. The van der Waals surface area contributed by atoms with Crippen LogP contribution >= 0.6 is 0 Å². The van der Waals surface area contributed by atoms with Gasteiger partial charge < -0.3 is 9.66 Å². The lowest BCUT2D eigenvalue weighted by molar-refractivity contribution is -0.131. The first-order valence-electron chi connectivity index (χ1n) is 9.30. The molecule has 0 aromatic heterocycles. The maximum atomic E-state index is 12.0. The van der Waals surface area contributed by atoms with Crippen LogP contribution < -0.4 is 5.48 Å². The highest BCUT2D eigenvalue weighted by Gasteiger charge is 2.42. The Morgan fingerprint density at radius 1 is 1.39 bits per heavy atom. The summed E-state index contributed by atoms with van der Waals surface area (Å²) in [5, 5.41) is 17.7. The minimum atomic E-state index is -1.38. The third-order valence-corrected chi connectivity index (χ3v) is 6.80. The van der Waals surface area contributed by atoms with E-state index in [0.717, 1.165) is 25.1 Å². The molecule has 0 fully saturated rings. The Kier molecular flexibility index (Phi) is 8.55. The Bertz CT molecular complexity index is 752. The van der Waals surface area contributed by atoms with Crippen molar-refractivity contribution in [3.63, 3.8) is 0 Å². The van der Waals surface area contributed by atoms with E-state index < -0.39 is 21.8 Å². The Balaban J connectivity index is 1.93. The molecule has 0 bridgehead atoms. The van der Waals surface area contributed by atoms with Crippen LogP contribution in [0.3, 0.4) is 0 Å². The van der Waals surface area contributed by atoms with Gasteiger partial charge in [0.1, 0.15) is 0 Å². The van der Waals surface area contributed by atoms with Crippen molar-refractivity contribution in [3.05, 3.63) is 41.5 Å². The molecule has 0 saturated heterocycles. The minimum Gasteiger partial charge on any atom is -0.616 e. The predicted octanol–water partition coefficient (Wildman–Crippen LogP) is 1.54. The van der Waals surface area contributed by atoms with E-state index in [9.17, 15) is 9.35 Å². The fourth-order valence-corrected chi connectivity index (χ4v) is 3.73. The lowest BCUT2D eigenvalue weighted by Crippen LogP contribution is -2.51. The molecule has 1 amide bonds. The fourth-order valence-electron chi connectivity index (χ4n) is 3.04. The Morgan fingerprint density at radius 3 is 2.64 bits per heavy atom. The number of hydroxylamine groups is 1. The summed E-state index contributed by atoms with van der Waals surface area (Å²) >= 11 is -1.38. The van der Waals surface area contributed by atoms with Crippen molar-refractivity contribution in [2.45, 2.75) is 30.9 Å². The van der Waals surface area contributed by atoms with E-state index in [1.165, 1.54) is 17.4 Å². The summed E-state index contributed by atoms with van der Waals surface area (Å²) in [6.45, 7) is 3.95. The number of nitrogens with zero attached hydrogens (tertiary/aromatic N) is 1. The number of hydrogen-bond donors (Lipinski definition) is 3. The number of aliphatic hydroxyl groups excluding tert-OH is 1. The van der Waals surface area contributed by atoms with Crippen molar-refractivity contribution >= 4 is 22.7 Å². The van der Waals surface area contributed by atoms with Crippen LogP contribution in [0.2, 0.25) is 0 Å². The third-order valence-electron chi connectivity index (χ3n) is 5.14. The lowest BCUT2D eigenvalue weighted by atomic mass is 9.98. The smallest absolute Gasteiger partial charge is 0.299 e. The van der Waals surface area contributed by atoms with Crippen LogP contribution in [0.15, 0.2) is 30.3 Å². The van der Waals surface area contributed by atoms with Crippen LogP contribution in [0.1, 0.15) is 37.3 Å². The molecule has 1 aromatic carbocycles. The van der Waals surface area contributed by atoms with Gasteiger partial charge in [0.25, 0.3) is 5.91 Å². The second-order valence-electron chi connectivity index (χ2n) is 7.01. The molecule has 6 nitrogen and oxygen atoms in total. The van der Waals surface area contributed by atoms with Crippen LogP contribution in [0, 0.1) is 11.8 Å². The summed E-state index contributed by atoms with van der Waals surface area (Å²) < 4.78 is 10.9. The summed E-state index contributed by atoms with van der Waals surface area (Å²) in [7, 11) is 0. The van der Waals surface area contributed by atoms with Gasteiger partial charge in [0.05, 0.1) is 12.9 Å². The van der Waals surface area contributed by atoms with Gasteiger partial charge in [0.15, 0.2) is 0 Å². The van der Waals surface area contributed by atoms with Gasteiger partial charge in [-0.1, -0.05) is 30.0 Å². The molecule has 152 valence electrons. The fraction of sp³-hybridized carbons (Fsp3) is 0.476. The zero-order valence-corrected chi connectivity index (χ0v) is 17.2. The molecule has 1 aliphatic rings. The average molecular weight is 405 g/mol. The number of aliphatic hydroxyl groups is 1. The number of nitrogens with one attached hydrogen (secondary N) is 1. The maximum Gasteiger partial charge on any atom is 0.299 e. The molecular formula is C21H28N2O4S. The molecule has 2 atom stereocenters. The largest absolute Gasteiger partial charge is 0.616 e. The Morgan fingerprint density at radius 2 is 2.11 bits per heavy atom. The molecule has 1 aromatic rings.